The summed E-state index contributed by atoms with van der Waals surface area (Å²) in [5.74, 6) is 0.399. The zero-order valence-electron chi connectivity index (χ0n) is 16.3. The Morgan fingerprint density at radius 1 is 1.14 bits per heavy atom. The lowest BCUT2D eigenvalue weighted by atomic mass is 10.1. The number of nitrogens with one attached hydrogen (secondary N) is 1. The van der Waals surface area contributed by atoms with E-state index in [1.165, 1.54) is 5.56 Å². The number of amides is 1. The van der Waals surface area contributed by atoms with Crippen molar-refractivity contribution < 1.29 is 14.7 Å². The quantitative estimate of drug-likeness (QED) is 0.367. The van der Waals surface area contributed by atoms with Crippen LogP contribution in [0.25, 0.3) is 10.9 Å². The second-order valence-corrected chi connectivity index (χ2v) is 7.18. The predicted molar refractivity (Wildman–Crippen MR) is 112 cm³/mol. The molecular weight excluding hydrogens is 366 g/mol. The van der Waals surface area contributed by atoms with Crippen molar-refractivity contribution >= 4 is 16.8 Å². The molecule has 0 saturated carbocycles. The summed E-state index contributed by atoms with van der Waals surface area (Å²) in [4.78, 5) is 14.1. The average molecular weight is 391 g/mol. The van der Waals surface area contributed by atoms with Gasteiger partial charge in [-0.15, -0.1) is 0 Å². The Morgan fingerprint density at radius 2 is 2.03 bits per heavy atom. The fraction of sp³-hybridized carbons (Fsp3) is 0.261. The van der Waals surface area contributed by atoms with Crippen LogP contribution in [-0.4, -0.2) is 40.3 Å². The van der Waals surface area contributed by atoms with Gasteiger partial charge in [0, 0.05) is 42.5 Å². The van der Waals surface area contributed by atoms with Gasteiger partial charge < -0.3 is 9.30 Å². The molecule has 2 heterocycles. The molecule has 150 valence electrons. The molecule has 2 aromatic carbocycles. The van der Waals surface area contributed by atoms with Crippen LogP contribution in [0.3, 0.4) is 0 Å². The zero-order chi connectivity index (χ0) is 20.1. The summed E-state index contributed by atoms with van der Waals surface area (Å²) < 4.78 is 8.17. The zero-order valence-corrected chi connectivity index (χ0v) is 16.3. The van der Waals surface area contributed by atoms with Gasteiger partial charge in [-0.3, -0.25) is 14.9 Å². The van der Waals surface area contributed by atoms with E-state index in [-0.39, 0.29) is 0 Å². The summed E-state index contributed by atoms with van der Waals surface area (Å²) in [5.41, 5.74) is 4.23. The molecule has 6 nitrogen and oxygen atoms in total. The number of benzene rings is 2. The Balaban J connectivity index is 1.43. The summed E-state index contributed by atoms with van der Waals surface area (Å²) in [5, 5.41) is 9.90. The highest BCUT2D eigenvalue weighted by Gasteiger charge is 2.11. The number of rotatable bonds is 7. The van der Waals surface area contributed by atoms with Gasteiger partial charge in [-0.25, -0.2) is 5.48 Å². The van der Waals surface area contributed by atoms with Gasteiger partial charge in [-0.2, -0.15) is 0 Å². The van der Waals surface area contributed by atoms with Crippen molar-refractivity contribution in [3.8, 4) is 5.75 Å². The molecule has 0 spiro atoms. The molecular formula is C23H25N3O3. The van der Waals surface area contributed by atoms with Crippen LogP contribution >= 0.6 is 0 Å². The average Bonchev–Trinajstić information content (AvgIpc) is 3.17. The molecule has 0 saturated heterocycles. The topological polar surface area (TPSA) is 66.7 Å². The number of hydrogen-bond acceptors (Lipinski definition) is 4. The Bertz CT molecular complexity index is 1030. The predicted octanol–water partition coefficient (Wildman–Crippen LogP) is 3.60. The Kier molecular flexibility index (Phi) is 5.93. The van der Waals surface area contributed by atoms with Crippen molar-refractivity contribution in [3.05, 3.63) is 78.0 Å². The van der Waals surface area contributed by atoms with Crippen LogP contribution in [-0.2, 0) is 13.1 Å². The highest BCUT2D eigenvalue weighted by Crippen LogP contribution is 2.22. The van der Waals surface area contributed by atoms with E-state index in [9.17, 15) is 4.79 Å². The normalized spacial score (nSPS) is 14.2. The summed E-state index contributed by atoms with van der Waals surface area (Å²) in [6.07, 6.45) is 7.53. The second kappa shape index (κ2) is 8.94. The molecule has 0 aliphatic carbocycles. The highest BCUT2D eigenvalue weighted by atomic mass is 16.5. The van der Waals surface area contributed by atoms with E-state index >= 15 is 0 Å². The molecule has 0 unspecified atom stereocenters. The minimum absolute atomic E-state index is 0.418. The van der Waals surface area contributed by atoms with Gasteiger partial charge in [-0.1, -0.05) is 36.4 Å². The van der Waals surface area contributed by atoms with Gasteiger partial charge in [0.25, 0.3) is 5.91 Å². The van der Waals surface area contributed by atoms with Crippen molar-refractivity contribution in [1.29, 1.82) is 0 Å². The number of carbonyl (C=O) groups excluding carboxylic acids is 1. The first-order chi connectivity index (χ1) is 14.2. The van der Waals surface area contributed by atoms with Gasteiger partial charge in [0.15, 0.2) is 0 Å². The van der Waals surface area contributed by atoms with Crippen molar-refractivity contribution in [3.63, 3.8) is 0 Å². The first-order valence-corrected chi connectivity index (χ1v) is 9.86. The number of nitrogens with zero attached hydrogens (tertiary/aromatic N) is 2. The number of carbonyl (C=O) groups is 1. The molecule has 2 N–H and O–H groups in total. The SMILES string of the molecule is O=C(NO)c1ccc2ccn(CCOc3ccccc3CN3CC=CCC3)c2c1. The van der Waals surface area contributed by atoms with E-state index in [2.05, 4.69) is 33.8 Å². The van der Waals surface area contributed by atoms with E-state index in [1.54, 1.807) is 17.6 Å². The van der Waals surface area contributed by atoms with E-state index in [0.29, 0.717) is 18.7 Å². The molecule has 0 atom stereocenters. The molecule has 1 aromatic heterocycles. The molecule has 1 amide bonds. The molecule has 4 rings (SSSR count). The number of hydrogen-bond donors (Lipinski definition) is 2. The van der Waals surface area contributed by atoms with Gasteiger partial charge in [0.1, 0.15) is 12.4 Å². The van der Waals surface area contributed by atoms with Crippen LogP contribution in [0.2, 0.25) is 0 Å². The maximum absolute atomic E-state index is 11.7. The molecule has 3 aromatic rings. The van der Waals surface area contributed by atoms with Gasteiger partial charge in [-0.05, 0) is 36.1 Å². The molecule has 1 aliphatic heterocycles. The van der Waals surface area contributed by atoms with Crippen molar-refractivity contribution in [1.82, 2.24) is 14.9 Å². The van der Waals surface area contributed by atoms with Crippen molar-refractivity contribution in [2.45, 2.75) is 19.5 Å². The number of aromatic nitrogens is 1. The van der Waals surface area contributed by atoms with E-state index < -0.39 is 5.91 Å². The fourth-order valence-electron chi connectivity index (χ4n) is 3.69. The lowest BCUT2D eigenvalue weighted by Crippen LogP contribution is -2.26. The van der Waals surface area contributed by atoms with Crippen LogP contribution in [0.15, 0.2) is 66.9 Å². The number of hydroxylamine groups is 1. The monoisotopic (exact) mass is 391 g/mol. The van der Waals surface area contributed by atoms with Crippen LogP contribution in [0.5, 0.6) is 5.75 Å². The van der Waals surface area contributed by atoms with Gasteiger partial charge in [0.05, 0.1) is 6.54 Å². The third-order valence-electron chi connectivity index (χ3n) is 5.24. The van der Waals surface area contributed by atoms with Crippen molar-refractivity contribution in [2.24, 2.45) is 0 Å². The summed E-state index contributed by atoms with van der Waals surface area (Å²) in [7, 11) is 0. The minimum Gasteiger partial charge on any atom is -0.491 e. The van der Waals surface area contributed by atoms with E-state index in [0.717, 1.165) is 42.7 Å². The summed E-state index contributed by atoms with van der Waals surface area (Å²) >= 11 is 0. The lowest BCUT2D eigenvalue weighted by Gasteiger charge is -2.24. The van der Waals surface area contributed by atoms with Gasteiger partial charge in [0.2, 0.25) is 0 Å². The number of fused-ring (bicyclic) bond motifs is 1. The minimum atomic E-state index is -0.516. The smallest absolute Gasteiger partial charge is 0.274 e. The van der Waals surface area contributed by atoms with Gasteiger partial charge >= 0.3 is 0 Å². The molecule has 0 fully saturated rings. The van der Waals surface area contributed by atoms with Crippen LogP contribution in [0, 0.1) is 0 Å². The lowest BCUT2D eigenvalue weighted by molar-refractivity contribution is 0.0706. The molecule has 6 heteroatoms. The molecule has 0 bridgehead atoms. The van der Waals surface area contributed by atoms with E-state index in [4.69, 9.17) is 9.94 Å². The Hall–Kier alpha value is -3.09. The van der Waals surface area contributed by atoms with Crippen LogP contribution in [0.1, 0.15) is 22.3 Å². The number of ether oxygens (including phenoxy) is 1. The first kappa shape index (κ1) is 19.2. The van der Waals surface area contributed by atoms with Crippen LogP contribution in [0.4, 0.5) is 0 Å². The Morgan fingerprint density at radius 3 is 2.86 bits per heavy atom. The molecule has 29 heavy (non-hydrogen) atoms. The number of para-hydroxylation sites is 1. The fourth-order valence-corrected chi connectivity index (χ4v) is 3.69. The molecule has 1 aliphatic rings. The maximum atomic E-state index is 11.7. The largest absolute Gasteiger partial charge is 0.491 e. The second-order valence-electron chi connectivity index (χ2n) is 7.18. The summed E-state index contributed by atoms with van der Waals surface area (Å²) in [6.45, 7) is 4.12. The molecule has 0 radical (unpaired) electrons. The maximum Gasteiger partial charge on any atom is 0.274 e. The summed E-state index contributed by atoms with van der Waals surface area (Å²) in [6, 6.07) is 15.5. The third kappa shape index (κ3) is 4.50. The Labute approximate surface area is 170 Å². The van der Waals surface area contributed by atoms with Crippen LogP contribution < -0.4 is 10.2 Å². The standard InChI is InChI=1S/C23H25N3O3/c27-23(24-28)19-9-8-18-10-13-26(21(18)16-19)14-15-29-22-7-3-2-6-20(22)17-25-11-4-1-5-12-25/h1-4,6-10,13,16,28H,5,11-12,14-15,17H2,(H,24,27). The van der Waals surface area contributed by atoms with E-state index in [1.807, 2.05) is 30.5 Å². The van der Waals surface area contributed by atoms with Crippen molar-refractivity contribution in [2.75, 3.05) is 19.7 Å². The first-order valence-electron chi connectivity index (χ1n) is 9.86. The third-order valence-corrected chi connectivity index (χ3v) is 5.24. The highest BCUT2D eigenvalue weighted by molar-refractivity contribution is 5.97.